The van der Waals surface area contributed by atoms with Gasteiger partial charge < -0.3 is 15.5 Å². The smallest absolute Gasteiger partial charge is 0.123 e. The second kappa shape index (κ2) is 7.00. The summed E-state index contributed by atoms with van der Waals surface area (Å²) in [6, 6.07) is 4.52. The molecule has 1 saturated heterocycles. The molecule has 0 atom stereocenters. The van der Waals surface area contributed by atoms with Crippen LogP contribution in [-0.4, -0.2) is 49.4 Å². The lowest BCUT2D eigenvalue weighted by Crippen LogP contribution is -2.35. The van der Waals surface area contributed by atoms with E-state index < -0.39 is 0 Å². The van der Waals surface area contributed by atoms with Gasteiger partial charge in [-0.3, -0.25) is 5.41 Å². The Bertz CT molecular complexity index is 495. The summed E-state index contributed by atoms with van der Waals surface area (Å²) in [5.41, 5.74) is 6.97. The molecule has 1 aromatic rings. The van der Waals surface area contributed by atoms with E-state index in [0.29, 0.717) is 18.0 Å². The van der Waals surface area contributed by atoms with E-state index in [1.54, 1.807) is 6.07 Å². The highest BCUT2D eigenvalue weighted by atomic mass is 19.1. The highest BCUT2D eigenvalue weighted by Crippen LogP contribution is 2.19. The fourth-order valence-electron chi connectivity index (χ4n) is 2.98. The van der Waals surface area contributed by atoms with Crippen molar-refractivity contribution < 1.29 is 4.39 Å². The predicted molar refractivity (Wildman–Crippen MR) is 84.0 cm³/mol. The lowest BCUT2D eigenvalue weighted by molar-refractivity contribution is 0.173. The maximum absolute atomic E-state index is 13.3. The minimum atomic E-state index is -0.345. The van der Waals surface area contributed by atoms with Gasteiger partial charge in [0.25, 0.3) is 0 Å². The first kappa shape index (κ1) is 15.9. The zero-order chi connectivity index (χ0) is 15.4. The second-order valence-corrected chi connectivity index (χ2v) is 6.16. The molecular weight excluding hydrogens is 267 g/mol. The van der Waals surface area contributed by atoms with Crippen LogP contribution in [0.2, 0.25) is 0 Å². The van der Waals surface area contributed by atoms with Crippen LogP contribution in [0.5, 0.6) is 0 Å². The van der Waals surface area contributed by atoms with Gasteiger partial charge >= 0.3 is 0 Å². The van der Waals surface area contributed by atoms with Crippen molar-refractivity contribution in [3.8, 4) is 0 Å². The zero-order valence-electron chi connectivity index (χ0n) is 12.9. The number of piperidine rings is 1. The van der Waals surface area contributed by atoms with E-state index in [1.807, 2.05) is 0 Å². The van der Waals surface area contributed by atoms with E-state index in [0.717, 1.165) is 25.2 Å². The van der Waals surface area contributed by atoms with Gasteiger partial charge in [0.15, 0.2) is 0 Å². The summed E-state index contributed by atoms with van der Waals surface area (Å²) in [5, 5.41) is 7.58. The van der Waals surface area contributed by atoms with Crippen molar-refractivity contribution in [3.63, 3.8) is 0 Å². The molecule has 1 aliphatic heterocycles. The third-order valence-electron chi connectivity index (χ3n) is 4.21. The Morgan fingerprint density at radius 1 is 1.43 bits per heavy atom. The monoisotopic (exact) mass is 292 g/mol. The number of nitrogens with one attached hydrogen (secondary N) is 1. The second-order valence-electron chi connectivity index (χ2n) is 6.16. The number of hydrogen-bond acceptors (Lipinski definition) is 3. The molecule has 116 valence electrons. The van der Waals surface area contributed by atoms with E-state index in [9.17, 15) is 4.39 Å². The van der Waals surface area contributed by atoms with Gasteiger partial charge in [-0.05, 0) is 63.6 Å². The summed E-state index contributed by atoms with van der Waals surface area (Å²) in [7, 11) is 4.24. The van der Waals surface area contributed by atoms with Crippen LogP contribution >= 0.6 is 0 Å². The van der Waals surface area contributed by atoms with Crippen molar-refractivity contribution in [2.75, 3.05) is 33.7 Å². The van der Waals surface area contributed by atoms with Crippen LogP contribution < -0.4 is 5.73 Å². The van der Waals surface area contributed by atoms with Gasteiger partial charge in [-0.1, -0.05) is 6.07 Å². The molecule has 0 amide bonds. The molecule has 2 rings (SSSR count). The molecule has 1 aliphatic rings. The zero-order valence-corrected chi connectivity index (χ0v) is 12.9. The molecule has 0 aromatic heterocycles. The van der Waals surface area contributed by atoms with E-state index >= 15 is 0 Å². The van der Waals surface area contributed by atoms with Crippen molar-refractivity contribution in [1.29, 1.82) is 5.41 Å². The molecule has 0 saturated carbocycles. The van der Waals surface area contributed by atoms with Gasteiger partial charge in [-0.25, -0.2) is 4.39 Å². The normalized spacial score (nSPS) is 17.3. The van der Waals surface area contributed by atoms with Gasteiger partial charge in [0.1, 0.15) is 11.7 Å². The minimum absolute atomic E-state index is 0.0720. The van der Waals surface area contributed by atoms with Crippen LogP contribution in [0.3, 0.4) is 0 Å². The minimum Gasteiger partial charge on any atom is -0.384 e. The number of benzene rings is 1. The summed E-state index contributed by atoms with van der Waals surface area (Å²) in [6.45, 7) is 4.05. The summed E-state index contributed by atoms with van der Waals surface area (Å²) in [4.78, 5) is 4.61. The van der Waals surface area contributed by atoms with Gasteiger partial charge in [0.05, 0.1) is 0 Å². The number of halogens is 1. The van der Waals surface area contributed by atoms with Crippen LogP contribution in [0, 0.1) is 17.1 Å². The standard InChI is InChI=1S/C16H25FN4/c1-20-7-5-12(6-8-20)10-21(2)11-13-3-4-14(17)9-15(13)16(18)19/h3-4,9,12H,5-8,10-11H2,1-2H3,(H3,18,19). The van der Waals surface area contributed by atoms with Crippen LogP contribution in [0.1, 0.15) is 24.0 Å². The molecular formula is C16H25FN4. The molecule has 0 spiro atoms. The molecule has 0 unspecified atom stereocenters. The number of nitrogens with two attached hydrogens (primary N) is 1. The number of nitrogen functional groups attached to an aromatic ring is 1. The first-order valence-corrected chi connectivity index (χ1v) is 7.45. The summed E-state index contributed by atoms with van der Waals surface area (Å²) in [5.74, 6) is 0.298. The van der Waals surface area contributed by atoms with Gasteiger partial charge in [0.2, 0.25) is 0 Å². The average Bonchev–Trinajstić information content (AvgIpc) is 2.43. The fraction of sp³-hybridized carbons (Fsp3) is 0.562. The van der Waals surface area contributed by atoms with Crippen LogP contribution in [0.15, 0.2) is 18.2 Å². The van der Waals surface area contributed by atoms with Crippen LogP contribution in [0.4, 0.5) is 4.39 Å². The Balaban J connectivity index is 1.96. The Labute approximate surface area is 126 Å². The highest BCUT2D eigenvalue weighted by Gasteiger charge is 2.18. The number of hydrogen-bond donors (Lipinski definition) is 2. The quantitative estimate of drug-likeness (QED) is 0.643. The first-order chi connectivity index (χ1) is 9.95. The predicted octanol–water partition coefficient (Wildman–Crippen LogP) is 1.88. The van der Waals surface area contributed by atoms with E-state index in [2.05, 4.69) is 23.9 Å². The molecule has 3 N–H and O–H groups in total. The molecule has 21 heavy (non-hydrogen) atoms. The van der Waals surface area contributed by atoms with Crippen LogP contribution in [-0.2, 0) is 6.54 Å². The highest BCUT2D eigenvalue weighted by molar-refractivity contribution is 5.96. The van der Waals surface area contributed by atoms with Crippen molar-refractivity contribution in [2.45, 2.75) is 19.4 Å². The number of rotatable bonds is 5. The molecule has 1 heterocycles. The molecule has 5 heteroatoms. The molecule has 1 fully saturated rings. The summed E-state index contributed by atoms with van der Waals surface area (Å²) >= 11 is 0. The Morgan fingerprint density at radius 3 is 2.71 bits per heavy atom. The third kappa shape index (κ3) is 4.51. The van der Waals surface area contributed by atoms with Crippen molar-refractivity contribution >= 4 is 5.84 Å². The Kier molecular flexibility index (Phi) is 5.31. The third-order valence-corrected chi connectivity index (χ3v) is 4.21. The first-order valence-electron chi connectivity index (χ1n) is 7.45. The number of likely N-dealkylation sites (tertiary alicyclic amines) is 1. The maximum atomic E-state index is 13.3. The maximum Gasteiger partial charge on any atom is 0.123 e. The van der Waals surface area contributed by atoms with Crippen molar-refractivity contribution in [2.24, 2.45) is 11.7 Å². The summed E-state index contributed by atoms with van der Waals surface area (Å²) < 4.78 is 13.3. The van der Waals surface area contributed by atoms with Crippen LogP contribution in [0.25, 0.3) is 0 Å². The molecule has 0 radical (unpaired) electrons. The fourth-order valence-corrected chi connectivity index (χ4v) is 2.98. The Morgan fingerprint density at radius 2 is 2.10 bits per heavy atom. The topological polar surface area (TPSA) is 56.4 Å². The van der Waals surface area contributed by atoms with Gasteiger partial charge in [0, 0.05) is 18.7 Å². The molecule has 4 nitrogen and oxygen atoms in total. The SMILES string of the molecule is CN1CCC(CN(C)Cc2ccc(F)cc2C(=N)N)CC1. The van der Waals surface area contributed by atoms with Crippen molar-refractivity contribution in [3.05, 3.63) is 35.1 Å². The largest absolute Gasteiger partial charge is 0.384 e. The molecule has 0 bridgehead atoms. The van der Waals surface area contributed by atoms with E-state index in [4.69, 9.17) is 11.1 Å². The van der Waals surface area contributed by atoms with E-state index in [1.165, 1.54) is 25.0 Å². The average molecular weight is 292 g/mol. The lowest BCUT2D eigenvalue weighted by Gasteiger charge is -2.31. The van der Waals surface area contributed by atoms with E-state index in [-0.39, 0.29) is 11.7 Å². The number of amidine groups is 1. The number of nitrogens with zero attached hydrogens (tertiary/aromatic N) is 2. The van der Waals surface area contributed by atoms with Gasteiger partial charge in [-0.15, -0.1) is 0 Å². The van der Waals surface area contributed by atoms with Crippen molar-refractivity contribution in [1.82, 2.24) is 9.80 Å². The molecule has 0 aliphatic carbocycles. The lowest BCUT2D eigenvalue weighted by atomic mass is 9.96. The molecule has 1 aromatic carbocycles. The Hall–Kier alpha value is -1.46. The van der Waals surface area contributed by atoms with Gasteiger partial charge in [-0.2, -0.15) is 0 Å². The summed E-state index contributed by atoms with van der Waals surface area (Å²) in [6.07, 6.45) is 2.45.